The van der Waals surface area contributed by atoms with Gasteiger partial charge < -0.3 is 10.4 Å². The second-order valence-electron chi connectivity index (χ2n) is 2.99. The van der Waals surface area contributed by atoms with Crippen LogP contribution in [0.5, 0.6) is 0 Å². The topological polar surface area (TPSA) is 49.3 Å². The Labute approximate surface area is 83.9 Å². The van der Waals surface area contributed by atoms with Crippen LogP contribution < -0.4 is 5.32 Å². The normalized spacial score (nSPS) is 26.5. The first-order chi connectivity index (χ1) is 6.18. The van der Waals surface area contributed by atoms with Crippen LogP contribution in [0.25, 0.3) is 0 Å². The van der Waals surface area contributed by atoms with Crippen molar-refractivity contribution < 1.29 is 9.90 Å². The van der Waals surface area contributed by atoms with Crippen LogP contribution in [0.15, 0.2) is 28.7 Å². The zero-order valence-corrected chi connectivity index (χ0v) is 8.28. The van der Waals surface area contributed by atoms with Crippen molar-refractivity contribution in [1.29, 1.82) is 0 Å². The van der Waals surface area contributed by atoms with Gasteiger partial charge in [-0.1, -0.05) is 28.1 Å². The summed E-state index contributed by atoms with van der Waals surface area (Å²) in [6.07, 6.45) is -0.894. The van der Waals surface area contributed by atoms with Crippen molar-refractivity contribution in [3.8, 4) is 0 Å². The highest BCUT2D eigenvalue weighted by atomic mass is 79.9. The summed E-state index contributed by atoms with van der Waals surface area (Å²) in [6.45, 7) is 0. The molecule has 0 bridgehead atoms. The van der Waals surface area contributed by atoms with Crippen LogP contribution >= 0.6 is 15.9 Å². The van der Waals surface area contributed by atoms with Crippen molar-refractivity contribution >= 4 is 21.8 Å². The Kier molecular flexibility index (Phi) is 2.09. The highest BCUT2D eigenvalue weighted by Gasteiger charge is 2.38. The minimum atomic E-state index is -0.894. The van der Waals surface area contributed by atoms with E-state index in [0.717, 1.165) is 10.0 Å². The molecule has 1 aromatic carbocycles. The van der Waals surface area contributed by atoms with Crippen molar-refractivity contribution in [3.63, 3.8) is 0 Å². The predicted molar refractivity (Wildman–Crippen MR) is 51.0 cm³/mol. The molecule has 0 aliphatic carbocycles. The van der Waals surface area contributed by atoms with Crippen LogP contribution in [-0.2, 0) is 4.79 Å². The van der Waals surface area contributed by atoms with Gasteiger partial charge in [0.15, 0.2) is 6.10 Å². The second-order valence-corrected chi connectivity index (χ2v) is 3.90. The molecular formula is C9H8BrNO2. The average Bonchev–Trinajstić information content (AvgIpc) is 2.13. The van der Waals surface area contributed by atoms with Gasteiger partial charge in [-0.2, -0.15) is 0 Å². The molecular weight excluding hydrogens is 234 g/mol. The van der Waals surface area contributed by atoms with Crippen LogP contribution in [-0.4, -0.2) is 17.1 Å². The third-order valence-corrected chi connectivity index (χ3v) is 2.58. The van der Waals surface area contributed by atoms with Gasteiger partial charge in [0.2, 0.25) is 0 Å². The lowest BCUT2D eigenvalue weighted by molar-refractivity contribution is -0.142. The highest BCUT2D eigenvalue weighted by molar-refractivity contribution is 9.10. The lowest BCUT2D eigenvalue weighted by Crippen LogP contribution is -2.55. The molecule has 0 radical (unpaired) electrons. The molecule has 2 N–H and O–H groups in total. The fourth-order valence-electron chi connectivity index (χ4n) is 1.34. The molecule has 0 aromatic heterocycles. The van der Waals surface area contributed by atoms with Crippen LogP contribution in [0.4, 0.5) is 0 Å². The minimum absolute atomic E-state index is 0.245. The first kappa shape index (κ1) is 8.72. The molecule has 2 rings (SSSR count). The molecule has 2 atom stereocenters. The molecule has 68 valence electrons. The maximum atomic E-state index is 10.7. The quantitative estimate of drug-likeness (QED) is 0.721. The molecule has 3 nitrogen and oxygen atoms in total. The van der Waals surface area contributed by atoms with Gasteiger partial charge in [0.25, 0.3) is 5.91 Å². The molecule has 1 heterocycles. The molecule has 1 amide bonds. The summed E-state index contributed by atoms with van der Waals surface area (Å²) in [5.41, 5.74) is 0.918. The van der Waals surface area contributed by atoms with Gasteiger partial charge in [0, 0.05) is 4.47 Å². The van der Waals surface area contributed by atoms with Crippen molar-refractivity contribution in [2.45, 2.75) is 12.1 Å². The summed E-state index contributed by atoms with van der Waals surface area (Å²) in [4.78, 5) is 10.7. The van der Waals surface area contributed by atoms with Crippen LogP contribution in [0, 0.1) is 0 Å². The van der Waals surface area contributed by atoms with Gasteiger partial charge in [-0.05, 0) is 17.7 Å². The molecule has 1 aliphatic heterocycles. The number of β-lactam (4-membered cyclic amide) rings is 1. The van der Waals surface area contributed by atoms with E-state index in [1.807, 2.05) is 24.3 Å². The molecule has 2 unspecified atom stereocenters. The number of rotatable bonds is 1. The average molecular weight is 242 g/mol. The van der Waals surface area contributed by atoms with E-state index >= 15 is 0 Å². The van der Waals surface area contributed by atoms with E-state index in [1.165, 1.54) is 0 Å². The van der Waals surface area contributed by atoms with E-state index in [0.29, 0.717) is 0 Å². The molecule has 1 saturated heterocycles. The summed E-state index contributed by atoms with van der Waals surface area (Å²) >= 11 is 3.32. The Morgan fingerprint density at radius 2 is 2.23 bits per heavy atom. The van der Waals surface area contributed by atoms with Gasteiger partial charge in [-0.15, -0.1) is 0 Å². The SMILES string of the molecule is O=C1NC(c2cccc(Br)c2)C1O. The van der Waals surface area contributed by atoms with E-state index in [1.54, 1.807) is 0 Å². The number of amides is 1. The third-order valence-electron chi connectivity index (χ3n) is 2.09. The van der Waals surface area contributed by atoms with Gasteiger partial charge >= 0.3 is 0 Å². The van der Waals surface area contributed by atoms with E-state index in [4.69, 9.17) is 0 Å². The number of hydrogen-bond donors (Lipinski definition) is 2. The van der Waals surface area contributed by atoms with Crippen LogP contribution in [0.1, 0.15) is 11.6 Å². The highest BCUT2D eigenvalue weighted by Crippen LogP contribution is 2.26. The largest absolute Gasteiger partial charge is 0.381 e. The standard InChI is InChI=1S/C9H8BrNO2/c10-6-3-1-2-5(4-6)7-8(12)9(13)11-7/h1-4,7-8,12H,(H,11,13). The zero-order chi connectivity index (χ0) is 9.42. The molecule has 0 saturated carbocycles. The van der Waals surface area contributed by atoms with Crippen molar-refractivity contribution in [3.05, 3.63) is 34.3 Å². The first-order valence-electron chi connectivity index (χ1n) is 3.92. The van der Waals surface area contributed by atoms with E-state index in [2.05, 4.69) is 21.2 Å². The summed E-state index contributed by atoms with van der Waals surface area (Å²) < 4.78 is 0.943. The first-order valence-corrected chi connectivity index (χ1v) is 4.72. The monoisotopic (exact) mass is 241 g/mol. The van der Waals surface area contributed by atoms with Gasteiger partial charge in [0.1, 0.15) is 0 Å². The third kappa shape index (κ3) is 1.47. The van der Waals surface area contributed by atoms with Crippen LogP contribution in [0.3, 0.4) is 0 Å². The summed E-state index contributed by atoms with van der Waals surface area (Å²) in [5.74, 6) is -0.301. The van der Waals surface area contributed by atoms with Gasteiger partial charge in [0.05, 0.1) is 6.04 Å². The molecule has 1 fully saturated rings. The van der Waals surface area contributed by atoms with Gasteiger partial charge in [-0.3, -0.25) is 4.79 Å². The number of carbonyl (C=O) groups is 1. The Balaban J connectivity index is 2.23. The van der Waals surface area contributed by atoms with Crippen LogP contribution in [0.2, 0.25) is 0 Å². The molecule has 13 heavy (non-hydrogen) atoms. The number of aliphatic hydroxyl groups excluding tert-OH is 1. The Morgan fingerprint density at radius 3 is 2.77 bits per heavy atom. The number of halogens is 1. The number of aliphatic hydroxyl groups is 1. The predicted octanol–water partition coefficient (Wildman–Crippen LogP) is 0.981. The van der Waals surface area contributed by atoms with Crippen molar-refractivity contribution in [2.75, 3.05) is 0 Å². The Hall–Kier alpha value is -0.870. The van der Waals surface area contributed by atoms with E-state index in [-0.39, 0.29) is 11.9 Å². The number of nitrogens with one attached hydrogen (secondary N) is 1. The maximum absolute atomic E-state index is 10.7. The zero-order valence-electron chi connectivity index (χ0n) is 6.70. The Morgan fingerprint density at radius 1 is 1.46 bits per heavy atom. The Bertz CT molecular complexity index is 353. The minimum Gasteiger partial charge on any atom is -0.381 e. The van der Waals surface area contributed by atoms with Gasteiger partial charge in [-0.25, -0.2) is 0 Å². The number of carbonyl (C=O) groups excluding carboxylic acids is 1. The number of hydrogen-bond acceptors (Lipinski definition) is 2. The second kappa shape index (κ2) is 3.12. The van der Waals surface area contributed by atoms with E-state index in [9.17, 15) is 9.90 Å². The molecule has 0 spiro atoms. The van der Waals surface area contributed by atoms with Crippen molar-refractivity contribution in [2.24, 2.45) is 0 Å². The fourth-order valence-corrected chi connectivity index (χ4v) is 1.76. The summed E-state index contributed by atoms with van der Waals surface area (Å²) in [6, 6.07) is 7.28. The molecule has 4 heteroatoms. The molecule has 1 aliphatic rings. The summed E-state index contributed by atoms with van der Waals surface area (Å²) in [7, 11) is 0. The lowest BCUT2D eigenvalue weighted by atomic mass is 9.94. The maximum Gasteiger partial charge on any atom is 0.251 e. The smallest absolute Gasteiger partial charge is 0.251 e. The van der Waals surface area contributed by atoms with Crippen molar-refractivity contribution in [1.82, 2.24) is 5.32 Å². The lowest BCUT2D eigenvalue weighted by Gasteiger charge is -2.33. The fraction of sp³-hybridized carbons (Fsp3) is 0.222. The van der Waals surface area contributed by atoms with E-state index < -0.39 is 6.10 Å². The number of benzene rings is 1. The molecule has 1 aromatic rings. The summed E-state index contributed by atoms with van der Waals surface area (Å²) in [5, 5.41) is 11.9.